The maximum absolute atomic E-state index is 13.5. The van der Waals surface area contributed by atoms with E-state index in [-0.39, 0.29) is 35.3 Å². The van der Waals surface area contributed by atoms with Gasteiger partial charge in [0.25, 0.3) is 11.8 Å². The van der Waals surface area contributed by atoms with Crippen molar-refractivity contribution in [1.82, 2.24) is 14.8 Å². The summed E-state index contributed by atoms with van der Waals surface area (Å²) in [5.74, 6) is 0.308. The van der Waals surface area contributed by atoms with Crippen molar-refractivity contribution >= 4 is 17.6 Å². The Labute approximate surface area is 217 Å². The molecule has 7 heteroatoms. The number of carbonyl (C=O) groups is 3. The van der Waals surface area contributed by atoms with Crippen LogP contribution in [0.1, 0.15) is 51.2 Å². The molecule has 2 aromatic carbocycles. The number of hydrogen-bond acceptors (Lipinski definition) is 5. The van der Waals surface area contributed by atoms with E-state index in [2.05, 4.69) is 4.98 Å². The van der Waals surface area contributed by atoms with Crippen LogP contribution in [0, 0.1) is 12.3 Å². The summed E-state index contributed by atoms with van der Waals surface area (Å²) >= 11 is 0. The van der Waals surface area contributed by atoms with E-state index >= 15 is 0 Å². The molecule has 2 fully saturated rings. The van der Waals surface area contributed by atoms with Crippen molar-refractivity contribution < 1.29 is 19.1 Å². The standard InChI is InChI=1S/C30H31N3O4/c1-22-8-5-6-12-25(22)37-20-26(34)32-17-13-30(14-18-32)15-19-33(21-30)29(36)27-24(11-7-16-31-27)28(35)23-9-3-2-4-10-23/h2-12,16H,13-15,17-21H2,1H3. The molecule has 37 heavy (non-hydrogen) atoms. The van der Waals surface area contributed by atoms with Gasteiger partial charge in [-0.1, -0.05) is 48.5 Å². The molecular formula is C30H31N3O4. The van der Waals surface area contributed by atoms with Crippen LogP contribution < -0.4 is 4.74 Å². The predicted octanol–water partition coefficient (Wildman–Crippen LogP) is 4.15. The van der Waals surface area contributed by atoms with Gasteiger partial charge in [-0.05, 0) is 55.4 Å². The normalized spacial score (nSPS) is 16.6. The number of pyridine rings is 1. The highest BCUT2D eigenvalue weighted by Crippen LogP contribution is 2.41. The highest BCUT2D eigenvalue weighted by molar-refractivity contribution is 6.14. The number of aromatic nitrogens is 1. The van der Waals surface area contributed by atoms with Gasteiger partial charge in [0.15, 0.2) is 12.4 Å². The van der Waals surface area contributed by atoms with Gasteiger partial charge < -0.3 is 14.5 Å². The van der Waals surface area contributed by atoms with E-state index in [0.717, 1.165) is 30.6 Å². The Bertz CT molecular complexity index is 1300. The van der Waals surface area contributed by atoms with Crippen molar-refractivity contribution in [2.75, 3.05) is 32.8 Å². The number of piperidine rings is 1. The molecule has 0 N–H and O–H groups in total. The molecule has 3 heterocycles. The van der Waals surface area contributed by atoms with E-state index in [0.29, 0.717) is 37.3 Å². The van der Waals surface area contributed by atoms with Crippen molar-refractivity contribution in [3.63, 3.8) is 0 Å². The van der Waals surface area contributed by atoms with Gasteiger partial charge in [0.05, 0.1) is 5.56 Å². The van der Waals surface area contributed by atoms with Crippen molar-refractivity contribution in [2.45, 2.75) is 26.2 Å². The van der Waals surface area contributed by atoms with Crippen molar-refractivity contribution in [3.8, 4) is 5.75 Å². The zero-order valence-corrected chi connectivity index (χ0v) is 21.1. The van der Waals surface area contributed by atoms with E-state index in [1.807, 2.05) is 47.1 Å². The Morgan fingerprint density at radius 3 is 2.27 bits per heavy atom. The first-order chi connectivity index (χ1) is 18.0. The number of aryl methyl sites for hydroxylation is 1. The molecule has 0 atom stereocenters. The molecule has 0 radical (unpaired) electrons. The van der Waals surface area contributed by atoms with Crippen molar-refractivity contribution in [2.24, 2.45) is 5.41 Å². The highest BCUT2D eigenvalue weighted by atomic mass is 16.5. The second-order valence-corrected chi connectivity index (χ2v) is 10.0. The number of benzene rings is 2. The first-order valence-corrected chi connectivity index (χ1v) is 12.8. The van der Waals surface area contributed by atoms with Gasteiger partial charge in [0.2, 0.25) is 0 Å². The number of nitrogens with zero attached hydrogens (tertiary/aromatic N) is 3. The third-order valence-corrected chi connectivity index (χ3v) is 7.64. The first kappa shape index (κ1) is 24.7. The maximum atomic E-state index is 13.5. The summed E-state index contributed by atoms with van der Waals surface area (Å²) in [4.78, 5) is 47.3. The number of ketones is 1. The smallest absolute Gasteiger partial charge is 0.273 e. The topological polar surface area (TPSA) is 79.8 Å². The summed E-state index contributed by atoms with van der Waals surface area (Å²) in [5.41, 5.74) is 2.06. The Hall–Kier alpha value is -4.00. The Morgan fingerprint density at radius 2 is 1.54 bits per heavy atom. The summed E-state index contributed by atoms with van der Waals surface area (Å²) in [6, 6.07) is 20.0. The monoisotopic (exact) mass is 497 g/mol. The highest BCUT2D eigenvalue weighted by Gasteiger charge is 2.43. The van der Waals surface area contributed by atoms with Crippen molar-refractivity contribution in [3.05, 3.63) is 95.3 Å². The van der Waals surface area contributed by atoms with Crippen LogP contribution in [0.2, 0.25) is 0 Å². The van der Waals surface area contributed by atoms with Gasteiger partial charge in [-0.3, -0.25) is 19.4 Å². The Balaban J connectivity index is 1.19. The molecule has 0 bridgehead atoms. The lowest BCUT2D eigenvalue weighted by Gasteiger charge is -2.39. The average molecular weight is 498 g/mol. The third-order valence-electron chi connectivity index (χ3n) is 7.64. The third kappa shape index (κ3) is 5.26. The van der Waals surface area contributed by atoms with Crippen LogP contribution in [0.4, 0.5) is 0 Å². The molecule has 2 saturated heterocycles. The van der Waals surface area contributed by atoms with Gasteiger partial charge in [-0.25, -0.2) is 0 Å². The van der Waals surface area contributed by atoms with E-state index in [4.69, 9.17) is 4.74 Å². The van der Waals surface area contributed by atoms with Gasteiger partial charge >= 0.3 is 0 Å². The lowest BCUT2D eigenvalue weighted by Crippen LogP contribution is -2.46. The van der Waals surface area contributed by atoms with Crippen LogP contribution in [0.3, 0.4) is 0 Å². The fourth-order valence-electron chi connectivity index (χ4n) is 5.35. The molecule has 2 amide bonds. The van der Waals surface area contributed by atoms with Crippen LogP contribution in [0.25, 0.3) is 0 Å². The summed E-state index contributed by atoms with van der Waals surface area (Å²) in [6.45, 7) is 4.53. The minimum atomic E-state index is -0.207. The summed E-state index contributed by atoms with van der Waals surface area (Å²) in [7, 11) is 0. The zero-order valence-electron chi connectivity index (χ0n) is 21.1. The van der Waals surface area contributed by atoms with Gasteiger partial charge in [0.1, 0.15) is 11.4 Å². The zero-order chi connectivity index (χ0) is 25.8. The molecule has 0 aliphatic carbocycles. The molecule has 3 aromatic rings. The molecule has 1 spiro atoms. The van der Waals surface area contributed by atoms with Crippen LogP contribution in [0.5, 0.6) is 5.75 Å². The molecule has 2 aliphatic heterocycles. The Morgan fingerprint density at radius 1 is 0.865 bits per heavy atom. The number of carbonyl (C=O) groups excluding carboxylic acids is 3. The minimum Gasteiger partial charge on any atom is -0.484 e. The van der Waals surface area contributed by atoms with Crippen molar-refractivity contribution in [1.29, 1.82) is 0 Å². The first-order valence-electron chi connectivity index (χ1n) is 12.8. The number of hydrogen-bond donors (Lipinski definition) is 0. The second kappa shape index (κ2) is 10.5. The van der Waals surface area contributed by atoms with Crippen LogP contribution in [-0.2, 0) is 4.79 Å². The predicted molar refractivity (Wildman–Crippen MR) is 140 cm³/mol. The van der Waals surface area contributed by atoms with Crippen LogP contribution in [0.15, 0.2) is 72.9 Å². The van der Waals surface area contributed by atoms with Gasteiger partial charge in [0, 0.05) is 37.9 Å². The van der Waals surface area contributed by atoms with E-state index in [1.54, 1.807) is 42.6 Å². The summed E-state index contributed by atoms with van der Waals surface area (Å²) in [6.07, 6.45) is 4.12. The molecular weight excluding hydrogens is 466 g/mol. The average Bonchev–Trinajstić information content (AvgIpc) is 3.35. The second-order valence-electron chi connectivity index (χ2n) is 10.0. The van der Waals surface area contributed by atoms with Crippen LogP contribution >= 0.6 is 0 Å². The van der Waals surface area contributed by atoms with Gasteiger partial charge in [-0.2, -0.15) is 0 Å². The molecule has 5 rings (SSSR count). The molecule has 1 aromatic heterocycles. The van der Waals surface area contributed by atoms with E-state index < -0.39 is 0 Å². The fourth-order valence-corrected chi connectivity index (χ4v) is 5.35. The van der Waals surface area contributed by atoms with Crippen LogP contribution in [-0.4, -0.2) is 65.2 Å². The number of amides is 2. The lowest BCUT2D eigenvalue weighted by molar-refractivity contribution is -0.135. The number of rotatable bonds is 6. The fraction of sp³-hybridized carbons (Fsp3) is 0.333. The van der Waals surface area contributed by atoms with Gasteiger partial charge in [-0.15, -0.1) is 0 Å². The van der Waals surface area contributed by atoms with E-state index in [9.17, 15) is 14.4 Å². The molecule has 2 aliphatic rings. The lowest BCUT2D eigenvalue weighted by atomic mass is 9.78. The summed E-state index contributed by atoms with van der Waals surface area (Å²) in [5, 5.41) is 0. The molecule has 190 valence electrons. The SMILES string of the molecule is Cc1ccccc1OCC(=O)N1CCC2(CC1)CCN(C(=O)c1ncccc1C(=O)c1ccccc1)C2. The number of likely N-dealkylation sites (tertiary alicyclic amines) is 2. The summed E-state index contributed by atoms with van der Waals surface area (Å²) < 4.78 is 5.75. The largest absolute Gasteiger partial charge is 0.484 e. The Kier molecular flexibility index (Phi) is 7.04. The molecule has 7 nitrogen and oxygen atoms in total. The quantitative estimate of drug-likeness (QED) is 0.478. The molecule has 0 unspecified atom stereocenters. The molecule has 0 saturated carbocycles. The van der Waals surface area contributed by atoms with E-state index in [1.165, 1.54) is 0 Å². The number of ether oxygens (including phenoxy) is 1. The minimum absolute atomic E-state index is 0.0122. The number of para-hydroxylation sites is 1. The maximum Gasteiger partial charge on any atom is 0.273 e.